The van der Waals surface area contributed by atoms with E-state index in [9.17, 15) is 14.4 Å². The minimum atomic E-state index is -0.801. The number of nitrogens with zero attached hydrogens (tertiary/aromatic N) is 2. The summed E-state index contributed by atoms with van der Waals surface area (Å²) < 4.78 is 0. The number of fused-ring (bicyclic) bond motifs is 2. The van der Waals surface area contributed by atoms with Crippen molar-refractivity contribution < 1.29 is 14.4 Å². The van der Waals surface area contributed by atoms with Crippen LogP contribution in [0.5, 0.6) is 0 Å². The number of hydrogen-bond donors (Lipinski definition) is 2. The second-order valence-corrected chi connectivity index (χ2v) is 10.8. The summed E-state index contributed by atoms with van der Waals surface area (Å²) in [6.07, 6.45) is 3.07. The van der Waals surface area contributed by atoms with Gasteiger partial charge in [0.15, 0.2) is 0 Å². The first-order chi connectivity index (χ1) is 18.5. The Balaban J connectivity index is 1.34. The number of nitrogens with one attached hydrogen (secondary N) is 1. The Morgan fingerprint density at radius 1 is 1.00 bits per heavy atom. The second-order valence-electron chi connectivity index (χ2n) is 10.8. The predicted octanol–water partition coefficient (Wildman–Crippen LogP) is 3.36. The molecule has 0 radical (unpaired) electrons. The molecule has 196 valence electrons. The third-order valence-corrected chi connectivity index (χ3v) is 8.81. The van der Waals surface area contributed by atoms with Crippen molar-refractivity contribution in [3.63, 3.8) is 0 Å². The summed E-state index contributed by atoms with van der Waals surface area (Å²) in [5.41, 5.74) is 6.90. The zero-order valence-corrected chi connectivity index (χ0v) is 21.5. The summed E-state index contributed by atoms with van der Waals surface area (Å²) in [6.45, 7) is 1.14. The van der Waals surface area contributed by atoms with Gasteiger partial charge < -0.3 is 20.9 Å². The molecular formula is C31H34N4O3. The van der Waals surface area contributed by atoms with Crippen molar-refractivity contribution in [1.29, 1.82) is 0 Å². The molecule has 3 aliphatic heterocycles. The van der Waals surface area contributed by atoms with Gasteiger partial charge in [0.2, 0.25) is 17.7 Å². The molecule has 38 heavy (non-hydrogen) atoms. The Hall–Kier alpha value is -3.71. The Bertz CT molecular complexity index is 1370. The first-order valence-electron chi connectivity index (χ1n) is 13.7. The van der Waals surface area contributed by atoms with E-state index in [1.807, 2.05) is 59.5 Å². The number of amides is 3. The van der Waals surface area contributed by atoms with Gasteiger partial charge >= 0.3 is 0 Å². The lowest BCUT2D eigenvalue weighted by Crippen LogP contribution is -2.61. The maximum absolute atomic E-state index is 14.1. The van der Waals surface area contributed by atoms with Gasteiger partial charge in [-0.3, -0.25) is 14.4 Å². The molecule has 4 atom stereocenters. The van der Waals surface area contributed by atoms with E-state index in [4.69, 9.17) is 5.73 Å². The Morgan fingerprint density at radius 3 is 2.58 bits per heavy atom. The van der Waals surface area contributed by atoms with E-state index in [2.05, 4.69) is 23.5 Å². The van der Waals surface area contributed by atoms with E-state index >= 15 is 0 Å². The van der Waals surface area contributed by atoms with Gasteiger partial charge in [-0.1, -0.05) is 72.8 Å². The normalized spacial score (nSPS) is 25.7. The molecule has 1 spiro atoms. The van der Waals surface area contributed by atoms with Crippen molar-refractivity contribution in [2.75, 3.05) is 6.54 Å². The molecule has 7 nitrogen and oxygen atoms in total. The van der Waals surface area contributed by atoms with Crippen LogP contribution in [0.15, 0.2) is 72.8 Å². The second kappa shape index (κ2) is 9.87. The lowest BCUT2D eigenvalue weighted by Gasteiger charge is -2.40. The third-order valence-electron chi connectivity index (χ3n) is 8.81. The molecule has 2 unspecified atom stereocenters. The van der Waals surface area contributed by atoms with Crippen LogP contribution < -0.4 is 11.1 Å². The van der Waals surface area contributed by atoms with Gasteiger partial charge in [-0.2, -0.15) is 0 Å². The first kappa shape index (κ1) is 24.6. The van der Waals surface area contributed by atoms with Crippen LogP contribution in [0.25, 0.3) is 10.8 Å². The zero-order valence-electron chi connectivity index (χ0n) is 21.5. The molecule has 6 rings (SSSR count). The molecule has 3 N–H and O–H groups in total. The quantitative estimate of drug-likeness (QED) is 0.486. The number of likely N-dealkylation sites (tertiary alicyclic amines) is 1. The van der Waals surface area contributed by atoms with E-state index in [1.165, 1.54) is 0 Å². The molecule has 3 heterocycles. The van der Waals surface area contributed by atoms with E-state index in [0.29, 0.717) is 45.3 Å². The maximum Gasteiger partial charge on any atom is 0.245 e. The summed E-state index contributed by atoms with van der Waals surface area (Å²) in [4.78, 5) is 45.2. The van der Waals surface area contributed by atoms with E-state index in [-0.39, 0.29) is 29.7 Å². The highest BCUT2D eigenvalue weighted by Crippen LogP contribution is 2.58. The van der Waals surface area contributed by atoms with Crippen molar-refractivity contribution in [1.82, 2.24) is 15.1 Å². The molecule has 3 saturated heterocycles. The minimum Gasteiger partial charge on any atom is -0.350 e. The molecule has 0 aromatic heterocycles. The first-order valence-corrected chi connectivity index (χ1v) is 13.7. The third kappa shape index (κ3) is 3.88. The summed E-state index contributed by atoms with van der Waals surface area (Å²) in [5.74, 6) is -0.538. The zero-order chi connectivity index (χ0) is 26.3. The molecule has 3 fully saturated rings. The molecule has 7 heteroatoms. The van der Waals surface area contributed by atoms with Crippen LogP contribution in [0, 0.1) is 5.92 Å². The van der Waals surface area contributed by atoms with E-state index < -0.39 is 11.6 Å². The fourth-order valence-corrected chi connectivity index (χ4v) is 7.25. The fraction of sp³-hybridized carbons (Fsp3) is 0.387. The largest absolute Gasteiger partial charge is 0.350 e. The van der Waals surface area contributed by atoms with Gasteiger partial charge in [0.25, 0.3) is 0 Å². The predicted molar refractivity (Wildman–Crippen MR) is 146 cm³/mol. The summed E-state index contributed by atoms with van der Waals surface area (Å²) in [6, 6.07) is 23.3. The molecule has 3 aromatic rings. The average Bonchev–Trinajstić information content (AvgIpc) is 3.55. The smallest absolute Gasteiger partial charge is 0.245 e. The van der Waals surface area contributed by atoms with Crippen molar-refractivity contribution in [2.24, 2.45) is 11.7 Å². The number of rotatable bonds is 8. The molecule has 0 aliphatic carbocycles. The summed E-state index contributed by atoms with van der Waals surface area (Å²) in [7, 11) is 0. The molecule has 3 amide bonds. The van der Waals surface area contributed by atoms with Crippen LogP contribution in [0.2, 0.25) is 0 Å². The lowest BCUT2D eigenvalue weighted by molar-refractivity contribution is -0.142. The van der Waals surface area contributed by atoms with Crippen molar-refractivity contribution in [3.05, 3.63) is 83.9 Å². The average molecular weight is 511 g/mol. The number of hydrogen-bond acceptors (Lipinski definition) is 4. The van der Waals surface area contributed by atoms with Gasteiger partial charge in [0.05, 0.1) is 11.5 Å². The van der Waals surface area contributed by atoms with Crippen LogP contribution in [-0.4, -0.2) is 51.7 Å². The number of carbonyl (C=O) groups is 3. The van der Waals surface area contributed by atoms with Crippen LogP contribution in [0.4, 0.5) is 0 Å². The lowest BCUT2D eigenvalue weighted by atomic mass is 9.75. The van der Waals surface area contributed by atoms with E-state index in [1.54, 1.807) is 4.90 Å². The van der Waals surface area contributed by atoms with Gasteiger partial charge in [-0.05, 0) is 54.1 Å². The summed E-state index contributed by atoms with van der Waals surface area (Å²) >= 11 is 0. The Kier molecular flexibility index (Phi) is 6.40. The molecule has 2 bridgehead atoms. The highest BCUT2D eigenvalue weighted by Gasteiger charge is 2.72. The van der Waals surface area contributed by atoms with Crippen LogP contribution in [0.3, 0.4) is 0 Å². The van der Waals surface area contributed by atoms with Crippen molar-refractivity contribution >= 4 is 28.5 Å². The highest BCUT2D eigenvalue weighted by atomic mass is 16.2. The Labute approximate surface area is 223 Å². The summed E-state index contributed by atoms with van der Waals surface area (Å²) in [5, 5.41) is 5.38. The fourth-order valence-electron chi connectivity index (χ4n) is 7.25. The Morgan fingerprint density at radius 2 is 1.76 bits per heavy atom. The van der Waals surface area contributed by atoms with Crippen LogP contribution in [-0.2, 0) is 27.5 Å². The van der Waals surface area contributed by atoms with Crippen molar-refractivity contribution in [2.45, 2.75) is 62.8 Å². The number of carbonyl (C=O) groups excluding carboxylic acids is 3. The maximum atomic E-state index is 14.1. The molecule has 3 aromatic carbocycles. The number of benzene rings is 3. The standard InChI is InChI=1S/C31H34N4O3/c32-17-7-14-27(36)35-24-15-16-31(35)26(18-24)30(38)34(20-21-8-2-1-3-9-21)28(31)29(37)33-19-23-12-6-11-22-10-4-5-13-25(22)23/h1-6,8-13,24,26,28H,7,14-20,32H2,(H,33,37)/t24?,26-,28+,31?/m1/s1. The molecular weight excluding hydrogens is 476 g/mol. The van der Waals surface area contributed by atoms with Crippen molar-refractivity contribution in [3.8, 4) is 0 Å². The van der Waals surface area contributed by atoms with Gasteiger partial charge in [-0.15, -0.1) is 0 Å². The SMILES string of the molecule is NCCCC(=O)N1C2CCC13[C@H](C2)C(=O)N(Cc1ccccc1)[C@H]3C(=O)NCc1cccc2ccccc12. The highest BCUT2D eigenvalue weighted by molar-refractivity contribution is 5.98. The topological polar surface area (TPSA) is 95.7 Å². The van der Waals surface area contributed by atoms with Gasteiger partial charge in [0.1, 0.15) is 6.04 Å². The number of nitrogens with two attached hydrogens (primary N) is 1. The minimum absolute atomic E-state index is 0.0152. The molecule has 3 aliphatic rings. The van der Waals surface area contributed by atoms with Gasteiger partial charge in [-0.25, -0.2) is 0 Å². The molecule has 0 saturated carbocycles. The van der Waals surface area contributed by atoms with Crippen LogP contribution >= 0.6 is 0 Å². The van der Waals surface area contributed by atoms with E-state index in [0.717, 1.165) is 28.3 Å². The van der Waals surface area contributed by atoms with Gasteiger partial charge in [0, 0.05) is 25.6 Å². The monoisotopic (exact) mass is 510 g/mol. The van der Waals surface area contributed by atoms with Crippen LogP contribution in [0.1, 0.15) is 43.2 Å².